The fourth-order valence-electron chi connectivity index (χ4n) is 5.19. The van der Waals surface area contributed by atoms with Crippen molar-refractivity contribution in [2.45, 2.75) is 82.6 Å². The average Bonchev–Trinajstić information content (AvgIpc) is 3.39. The number of hydrogen-bond donors (Lipinski definition) is 1. The monoisotopic (exact) mass is 561 g/mol. The van der Waals surface area contributed by atoms with E-state index in [-0.39, 0.29) is 60.2 Å². The van der Waals surface area contributed by atoms with Gasteiger partial charge in [-0.05, 0) is 76.5 Å². The third-order valence-corrected chi connectivity index (χ3v) is 9.42. The molecule has 1 unspecified atom stereocenters. The number of carbonyl (C=O) groups is 2. The number of benzene rings is 1. The van der Waals surface area contributed by atoms with Crippen LogP contribution in [-0.4, -0.2) is 67.4 Å². The molecule has 1 heterocycles. The second-order valence-electron chi connectivity index (χ2n) is 11.5. The van der Waals surface area contributed by atoms with E-state index in [1.54, 1.807) is 27.8 Å². The molecule has 1 saturated heterocycles. The fraction of sp³-hybridized carbons (Fsp3) is 0.692. The molecule has 1 aliphatic carbocycles. The zero-order chi connectivity index (χ0) is 28.6. The normalized spacial score (nSPS) is 24.0. The number of ether oxygens (including phenoxy) is 1. The number of nitrogens with zero attached hydrogens (tertiary/aromatic N) is 2. The predicted octanol–water partition coefficient (Wildman–Crippen LogP) is 4.50. The first kappa shape index (κ1) is 30.2. The van der Waals surface area contributed by atoms with Crippen molar-refractivity contribution in [1.82, 2.24) is 14.5 Å². The molecule has 12 heteroatoms. The minimum absolute atomic E-state index is 0.0236. The summed E-state index contributed by atoms with van der Waals surface area (Å²) in [6, 6.07) is 3.30. The second kappa shape index (κ2) is 11.0. The summed E-state index contributed by atoms with van der Waals surface area (Å²) >= 11 is 0. The topological polar surface area (TPSA) is 96.0 Å². The van der Waals surface area contributed by atoms with Gasteiger partial charge in [-0.1, -0.05) is 13.0 Å². The molecule has 2 amide bonds. The molecular formula is C26H38F3N3O5S. The lowest BCUT2D eigenvalue weighted by Crippen LogP contribution is -2.45. The molecule has 1 saturated carbocycles. The molecule has 2 fully saturated rings. The average molecular weight is 562 g/mol. The molecule has 3 rings (SSSR count). The van der Waals surface area contributed by atoms with Gasteiger partial charge in [0.1, 0.15) is 5.60 Å². The van der Waals surface area contributed by atoms with E-state index in [4.69, 9.17) is 4.74 Å². The van der Waals surface area contributed by atoms with Gasteiger partial charge < -0.3 is 15.0 Å². The number of alkyl halides is 3. The van der Waals surface area contributed by atoms with Crippen LogP contribution in [-0.2, 0) is 25.7 Å². The van der Waals surface area contributed by atoms with Gasteiger partial charge in [-0.15, -0.1) is 0 Å². The molecule has 1 aromatic rings. The summed E-state index contributed by atoms with van der Waals surface area (Å²) in [4.78, 5) is 26.3. The van der Waals surface area contributed by atoms with E-state index in [2.05, 4.69) is 5.32 Å². The first-order chi connectivity index (χ1) is 17.4. The predicted molar refractivity (Wildman–Crippen MR) is 136 cm³/mol. The van der Waals surface area contributed by atoms with Crippen molar-refractivity contribution in [2.75, 3.05) is 20.1 Å². The molecule has 214 valence electrons. The number of sulfonamides is 1. The van der Waals surface area contributed by atoms with Gasteiger partial charge in [-0.25, -0.2) is 13.2 Å². The van der Waals surface area contributed by atoms with Crippen LogP contribution in [0.2, 0.25) is 0 Å². The van der Waals surface area contributed by atoms with Crippen molar-refractivity contribution >= 4 is 22.0 Å². The van der Waals surface area contributed by atoms with Crippen LogP contribution in [0.1, 0.15) is 59.4 Å². The van der Waals surface area contributed by atoms with E-state index in [0.717, 1.165) is 18.6 Å². The smallest absolute Gasteiger partial charge is 0.416 e. The molecule has 1 N–H and O–H groups in total. The minimum atomic E-state index is -4.64. The molecule has 0 aromatic heterocycles. The van der Waals surface area contributed by atoms with Gasteiger partial charge in [-0.3, -0.25) is 4.79 Å². The molecule has 38 heavy (non-hydrogen) atoms. The molecule has 0 radical (unpaired) electrons. The number of fused-ring (bicyclic) bond motifs is 1. The highest BCUT2D eigenvalue weighted by Gasteiger charge is 2.47. The Morgan fingerprint density at radius 1 is 1.16 bits per heavy atom. The molecule has 5 atom stereocenters. The molecular weight excluding hydrogens is 523 g/mol. The SMILES string of the molecule is C[C@H](CC(=O)N[C@H]1CC[C@@H]2CN(S(=O)(=O)c3cccc(C(F)(F)F)c3)CC21)[C@H](C)N(C)C(=O)OC(C)(C)C. The van der Waals surface area contributed by atoms with Crippen molar-refractivity contribution in [1.29, 1.82) is 0 Å². The molecule has 0 bridgehead atoms. The summed E-state index contributed by atoms with van der Waals surface area (Å²) in [5.41, 5.74) is -1.64. The third kappa shape index (κ3) is 6.99. The summed E-state index contributed by atoms with van der Waals surface area (Å²) < 4.78 is 72.2. The molecule has 1 aromatic carbocycles. The van der Waals surface area contributed by atoms with E-state index in [9.17, 15) is 31.2 Å². The van der Waals surface area contributed by atoms with Crippen molar-refractivity contribution in [3.05, 3.63) is 29.8 Å². The van der Waals surface area contributed by atoms with Crippen molar-refractivity contribution < 1.29 is 35.9 Å². The summed E-state index contributed by atoms with van der Waals surface area (Å²) in [5, 5.41) is 3.04. The maximum absolute atomic E-state index is 13.1. The van der Waals surface area contributed by atoms with Crippen LogP contribution in [0.4, 0.5) is 18.0 Å². The molecule has 8 nitrogen and oxygen atoms in total. The lowest BCUT2D eigenvalue weighted by molar-refractivity contribution is -0.137. The summed E-state index contributed by atoms with van der Waals surface area (Å²) in [6.07, 6.45) is -3.51. The zero-order valence-electron chi connectivity index (χ0n) is 22.7. The third-order valence-electron chi connectivity index (χ3n) is 7.59. The van der Waals surface area contributed by atoms with Gasteiger partial charge in [-0.2, -0.15) is 17.5 Å². The Morgan fingerprint density at radius 2 is 1.82 bits per heavy atom. The van der Waals surface area contributed by atoms with Crippen molar-refractivity contribution in [3.63, 3.8) is 0 Å². The number of carbonyl (C=O) groups excluding carboxylic acids is 2. The summed E-state index contributed by atoms with van der Waals surface area (Å²) in [5.74, 6) is -0.440. The van der Waals surface area contributed by atoms with Gasteiger partial charge in [0.05, 0.1) is 10.5 Å². The highest BCUT2D eigenvalue weighted by Crippen LogP contribution is 2.41. The summed E-state index contributed by atoms with van der Waals surface area (Å²) in [6.45, 7) is 9.42. The van der Waals surface area contributed by atoms with E-state index in [0.29, 0.717) is 12.5 Å². The van der Waals surface area contributed by atoms with Crippen molar-refractivity contribution in [3.8, 4) is 0 Å². The van der Waals surface area contributed by atoms with Gasteiger partial charge in [0.15, 0.2) is 0 Å². The van der Waals surface area contributed by atoms with Crippen LogP contribution >= 0.6 is 0 Å². The Balaban J connectivity index is 1.59. The molecule has 2 aliphatic rings. The Hall–Kier alpha value is -2.34. The van der Waals surface area contributed by atoms with Gasteiger partial charge in [0.2, 0.25) is 15.9 Å². The van der Waals surface area contributed by atoms with Gasteiger partial charge in [0, 0.05) is 38.6 Å². The Kier molecular flexibility index (Phi) is 8.77. The highest BCUT2D eigenvalue weighted by atomic mass is 32.2. The number of rotatable bonds is 7. The van der Waals surface area contributed by atoms with Crippen LogP contribution in [0.15, 0.2) is 29.2 Å². The van der Waals surface area contributed by atoms with Crippen LogP contribution in [0, 0.1) is 17.8 Å². The second-order valence-corrected chi connectivity index (χ2v) is 13.5. The first-order valence-electron chi connectivity index (χ1n) is 12.8. The maximum atomic E-state index is 13.1. The zero-order valence-corrected chi connectivity index (χ0v) is 23.5. The number of nitrogens with one attached hydrogen (secondary N) is 1. The Bertz CT molecular complexity index is 1140. The van der Waals surface area contributed by atoms with Crippen LogP contribution < -0.4 is 5.32 Å². The maximum Gasteiger partial charge on any atom is 0.416 e. The summed E-state index contributed by atoms with van der Waals surface area (Å²) in [7, 11) is -2.47. The van der Waals surface area contributed by atoms with E-state index < -0.39 is 33.5 Å². The van der Waals surface area contributed by atoms with Gasteiger partial charge >= 0.3 is 12.3 Å². The lowest BCUT2D eigenvalue weighted by Gasteiger charge is -2.32. The van der Waals surface area contributed by atoms with Gasteiger partial charge in [0.25, 0.3) is 0 Å². The quantitative estimate of drug-likeness (QED) is 0.529. The van der Waals surface area contributed by atoms with Crippen LogP contribution in [0.3, 0.4) is 0 Å². The van der Waals surface area contributed by atoms with E-state index >= 15 is 0 Å². The molecule has 1 aliphatic heterocycles. The number of halogens is 3. The van der Waals surface area contributed by atoms with Crippen molar-refractivity contribution in [2.24, 2.45) is 17.8 Å². The Labute approximate surface area is 222 Å². The minimum Gasteiger partial charge on any atom is -0.444 e. The standard InChI is InChI=1S/C26H38F3N3O5S/c1-16(17(2)31(6)24(34)37-25(3,4)5)12-23(33)30-22-11-10-18-14-32(15-21(18)22)38(35,36)20-9-7-8-19(13-20)26(27,28)29/h7-9,13,16-18,21-22H,10-12,14-15H2,1-6H3,(H,30,33)/t16-,17+,18-,21?,22+/m1/s1. The Morgan fingerprint density at radius 3 is 2.42 bits per heavy atom. The van der Waals surface area contributed by atoms with E-state index in [1.165, 1.54) is 15.3 Å². The fourth-order valence-corrected chi connectivity index (χ4v) is 6.77. The lowest BCUT2D eigenvalue weighted by atomic mass is 9.96. The van der Waals surface area contributed by atoms with E-state index in [1.807, 2.05) is 13.8 Å². The molecule has 0 spiro atoms. The van der Waals surface area contributed by atoms with Crippen LogP contribution in [0.5, 0.6) is 0 Å². The number of hydrogen-bond acceptors (Lipinski definition) is 5. The largest absolute Gasteiger partial charge is 0.444 e. The number of amides is 2. The highest BCUT2D eigenvalue weighted by molar-refractivity contribution is 7.89. The van der Waals surface area contributed by atoms with Crippen LogP contribution in [0.25, 0.3) is 0 Å². The first-order valence-corrected chi connectivity index (χ1v) is 14.3.